The van der Waals surface area contributed by atoms with E-state index in [1.807, 2.05) is 79.0 Å². The zero-order valence-electron chi connectivity index (χ0n) is 20.7. The number of hydrogen-bond acceptors (Lipinski definition) is 2. The Morgan fingerprint density at radius 1 is 0.421 bits per heavy atom. The molecule has 0 spiro atoms. The largest absolute Gasteiger partial charge is 0.307 e. The summed E-state index contributed by atoms with van der Waals surface area (Å²) in [5, 5.41) is 9.06. The number of benzene rings is 6. The summed E-state index contributed by atoms with van der Waals surface area (Å²) in [5.41, 5.74) is 2.68. The van der Waals surface area contributed by atoms with E-state index in [2.05, 4.69) is 66.7 Å². The number of aromatic nitrogens is 1. The van der Waals surface area contributed by atoms with Crippen molar-refractivity contribution in [3.8, 4) is 11.1 Å². The Morgan fingerprint density at radius 2 is 0.868 bits per heavy atom. The van der Waals surface area contributed by atoms with Crippen molar-refractivity contribution < 1.29 is 4.57 Å². The van der Waals surface area contributed by atoms with Crippen molar-refractivity contribution >= 4 is 55.5 Å². The van der Waals surface area contributed by atoms with E-state index >= 15 is 0 Å². The summed E-state index contributed by atoms with van der Waals surface area (Å²) in [6, 6.07) is 47.2. The number of rotatable bonds is 4. The molecule has 0 aliphatic carbocycles. The van der Waals surface area contributed by atoms with Gasteiger partial charge in [-0.25, -0.2) is 0 Å². The second-order valence-electron chi connectivity index (χ2n) is 9.54. The van der Waals surface area contributed by atoms with Gasteiger partial charge in [-0.1, -0.05) is 127 Å². The Bertz CT molecular complexity index is 1900. The van der Waals surface area contributed by atoms with Gasteiger partial charge in [0, 0.05) is 22.4 Å². The molecular weight excluding hydrogens is 481 g/mol. The minimum Gasteiger partial charge on any atom is -0.307 e. The van der Waals surface area contributed by atoms with Gasteiger partial charge in [-0.3, -0.25) is 4.98 Å². The molecule has 0 aliphatic rings. The molecule has 7 rings (SSSR count). The fraction of sp³-hybridized carbons (Fsp3) is 0. The van der Waals surface area contributed by atoms with Crippen LogP contribution in [0.1, 0.15) is 0 Å². The third-order valence-corrected chi connectivity index (χ3v) is 10.3. The van der Waals surface area contributed by atoms with E-state index in [0.29, 0.717) is 5.44 Å². The summed E-state index contributed by atoms with van der Waals surface area (Å²) in [4.78, 5) is 4.81. The average Bonchev–Trinajstić information content (AvgIpc) is 3.01. The minimum atomic E-state index is -3.10. The van der Waals surface area contributed by atoms with Crippen LogP contribution in [-0.4, -0.2) is 4.98 Å². The molecule has 0 saturated heterocycles. The Kier molecular flexibility index (Phi) is 5.43. The molecule has 38 heavy (non-hydrogen) atoms. The van der Waals surface area contributed by atoms with Crippen LogP contribution in [0.2, 0.25) is 0 Å². The smallest absolute Gasteiger partial charge is 0.188 e. The SMILES string of the molecule is O=P(c1ccccc1)(c1ccccc1)c1ccc(-c2ccc3c4ccccc4c4ccccc4c3c2)cn1. The van der Waals surface area contributed by atoms with Gasteiger partial charge >= 0.3 is 0 Å². The molecule has 1 heterocycles. The Hall–Kier alpha value is -4.52. The monoisotopic (exact) mass is 505 g/mol. The normalized spacial score (nSPS) is 11.8. The maximum atomic E-state index is 14.6. The van der Waals surface area contributed by atoms with Crippen molar-refractivity contribution in [3.63, 3.8) is 0 Å². The summed E-state index contributed by atoms with van der Waals surface area (Å²) in [5.74, 6) is 0. The second-order valence-corrected chi connectivity index (χ2v) is 12.2. The maximum absolute atomic E-state index is 14.6. The van der Waals surface area contributed by atoms with Crippen molar-refractivity contribution in [1.29, 1.82) is 0 Å². The molecule has 0 atom stereocenters. The van der Waals surface area contributed by atoms with Crippen LogP contribution in [-0.2, 0) is 4.57 Å². The van der Waals surface area contributed by atoms with Crippen molar-refractivity contribution in [2.45, 2.75) is 0 Å². The highest BCUT2D eigenvalue weighted by Gasteiger charge is 2.30. The lowest BCUT2D eigenvalue weighted by Crippen LogP contribution is -2.26. The van der Waals surface area contributed by atoms with E-state index < -0.39 is 7.14 Å². The zero-order chi connectivity index (χ0) is 25.5. The van der Waals surface area contributed by atoms with Gasteiger partial charge in [0.05, 0.1) is 0 Å². The number of fused-ring (bicyclic) bond motifs is 6. The summed E-state index contributed by atoms with van der Waals surface area (Å²) in [6.07, 6.45) is 1.86. The Balaban J connectivity index is 1.38. The second kappa shape index (κ2) is 9.10. The molecule has 3 heteroatoms. The molecule has 0 bridgehead atoms. The van der Waals surface area contributed by atoms with E-state index in [-0.39, 0.29) is 0 Å². The van der Waals surface area contributed by atoms with Gasteiger partial charge in [0.2, 0.25) is 0 Å². The molecule has 1 aromatic heterocycles. The Morgan fingerprint density at radius 3 is 1.37 bits per heavy atom. The van der Waals surface area contributed by atoms with Gasteiger partial charge in [0.15, 0.2) is 7.14 Å². The molecule has 0 unspecified atom stereocenters. The molecular formula is C35H24NOP. The molecule has 6 aromatic carbocycles. The third kappa shape index (κ3) is 3.57. The van der Waals surface area contributed by atoms with Crippen LogP contribution in [0.3, 0.4) is 0 Å². The van der Waals surface area contributed by atoms with Crippen molar-refractivity contribution in [3.05, 3.63) is 146 Å². The minimum absolute atomic E-state index is 0.593. The van der Waals surface area contributed by atoms with Crippen molar-refractivity contribution in [2.75, 3.05) is 0 Å². The molecule has 0 amide bonds. The molecule has 7 aromatic rings. The van der Waals surface area contributed by atoms with E-state index in [0.717, 1.165) is 21.7 Å². The molecule has 0 radical (unpaired) electrons. The van der Waals surface area contributed by atoms with Crippen LogP contribution in [0.4, 0.5) is 0 Å². The first-order valence-corrected chi connectivity index (χ1v) is 14.5. The molecule has 2 nitrogen and oxygen atoms in total. The van der Waals surface area contributed by atoms with Gasteiger partial charge < -0.3 is 4.57 Å². The third-order valence-electron chi connectivity index (χ3n) is 7.39. The average molecular weight is 506 g/mol. The Labute approximate surface area is 221 Å². The van der Waals surface area contributed by atoms with Gasteiger partial charge in [0.1, 0.15) is 5.44 Å². The number of pyridine rings is 1. The van der Waals surface area contributed by atoms with Crippen molar-refractivity contribution in [1.82, 2.24) is 4.98 Å². The quantitative estimate of drug-likeness (QED) is 0.180. The highest BCUT2D eigenvalue weighted by molar-refractivity contribution is 7.85. The number of hydrogen-bond donors (Lipinski definition) is 0. The lowest BCUT2D eigenvalue weighted by atomic mass is 9.92. The van der Waals surface area contributed by atoms with Crippen LogP contribution < -0.4 is 16.0 Å². The number of nitrogens with zero attached hydrogens (tertiary/aromatic N) is 1. The topological polar surface area (TPSA) is 30.0 Å². The lowest BCUT2D eigenvalue weighted by molar-refractivity contribution is 0.592. The molecule has 0 N–H and O–H groups in total. The van der Waals surface area contributed by atoms with Crippen LogP contribution in [0.15, 0.2) is 146 Å². The summed E-state index contributed by atoms with van der Waals surface area (Å²) in [6.45, 7) is 0. The van der Waals surface area contributed by atoms with Gasteiger partial charge in [-0.15, -0.1) is 0 Å². The fourth-order valence-electron chi connectivity index (χ4n) is 5.52. The van der Waals surface area contributed by atoms with E-state index in [1.165, 1.54) is 32.3 Å². The zero-order valence-corrected chi connectivity index (χ0v) is 21.6. The lowest BCUT2D eigenvalue weighted by Gasteiger charge is -2.19. The van der Waals surface area contributed by atoms with E-state index in [4.69, 9.17) is 4.98 Å². The highest BCUT2D eigenvalue weighted by Crippen LogP contribution is 2.42. The first-order valence-electron chi connectivity index (χ1n) is 12.7. The first kappa shape index (κ1) is 22.7. The van der Waals surface area contributed by atoms with Crippen LogP contribution in [0.25, 0.3) is 43.4 Å². The van der Waals surface area contributed by atoms with Crippen LogP contribution in [0.5, 0.6) is 0 Å². The highest BCUT2D eigenvalue weighted by atomic mass is 31.2. The molecule has 0 saturated carbocycles. The van der Waals surface area contributed by atoms with Gasteiger partial charge in [0.25, 0.3) is 0 Å². The fourth-order valence-corrected chi connectivity index (χ4v) is 8.04. The van der Waals surface area contributed by atoms with E-state index in [9.17, 15) is 4.57 Å². The van der Waals surface area contributed by atoms with E-state index in [1.54, 1.807) is 0 Å². The maximum Gasteiger partial charge on any atom is 0.188 e. The summed E-state index contributed by atoms with van der Waals surface area (Å²) >= 11 is 0. The predicted octanol–water partition coefficient (Wildman–Crippen LogP) is 7.85. The van der Waals surface area contributed by atoms with Gasteiger partial charge in [-0.05, 0) is 50.0 Å². The standard InChI is InChI=1S/C35H24NOP/c37-38(27-11-3-1-4-12-27,28-13-5-2-6-14-28)35-22-20-26(24-36-35)25-19-21-33-31-17-8-7-15-29(31)30-16-9-10-18-32(30)34(33)23-25/h1-24H. The molecule has 180 valence electrons. The van der Waals surface area contributed by atoms with Crippen molar-refractivity contribution in [2.24, 2.45) is 0 Å². The van der Waals surface area contributed by atoms with Crippen LogP contribution in [0, 0.1) is 0 Å². The summed E-state index contributed by atoms with van der Waals surface area (Å²) < 4.78 is 14.6. The molecule has 0 aliphatic heterocycles. The first-order chi connectivity index (χ1) is 18.7. The molecule has 0 fully saturated rings. The van der Waals surface area contributed by atoms with Gasteiger partial charge in [-0.2, -0.15) is 0 Å². The summed E-state index contributed by atoms with van der Waals surface area (Å²) in [7, 11) is -3.10. The van der Waals surface area contributed by atoms with Crippen LogP contribution >= 0.6 is 7.14 Å². The predicted molar refractivity (Wildman–Crippen MR) is 162 cm³/mol.